The molecule has 0 fully saturated rings. The zero-order valence-corrected chi connectivity index (χ0v) is 6.33. The Balaban J connectivity index is 3.33. The molecular formula is C7H5F2N3O. The Kier molecular flexibility index (Phi) is 2.28. The summed E-state index contributed by atoms with van der Waals surface area (Å²) in [6.45, 7) is 0. The van der Waals surface area contributed by atoms with Gasteiger partial charge in [-0.2, -0.15) is 5.26 Å². The number of pyridine rings is 1. The van der Waals surface area contributed by atoms with E-state index in [0.29, 0.717) is 0 Å². The van der Waals surface area contributed by atoms with Crippen molar-refractivity contribution in [2.24, 2.45) is 0 Å². The minimum Gasteiger partial charge on any atom is -0.506 e. The summed E-state index contributed by atoms with van der Waals surface area (Å²) >= 11 is 0. The van der Waals surface area contributed by atoms with Crippen LogP contribution in [0.15, 0.2) is 6.07 Å². The number of hydrogen-bond donors (Lipinski definition) is 2. The van der Waals surface area contributed by atoms with Crippen LogP contribution in [-0.2, 0) is 0 Å². The van der Waals surface area contributed by atoms with Gasteiger partial charge >= 0.3 is 0 Å². The molecule has 0 atom stereocenters. The second kappa shape index (κ2) is 3.23. The molecule has 0 radical (unpaired) electrons. The molecular weight excluding hydrogens is 180 g/mol. The van der Waals surface area contributed by atoms with Crippen molar-refractivity contribution in [1.29, 1.82) is 5.26 Å². The summed E-state index contributed by atoms with van der Waals surface area (Å²) in [7, 11) is 0. The molecule has 0 saturated carbocycles. The van der Waals surface area contributed by atoms with Crippen LogP contribution in [0.5, 0.6) is 5.75 Å². The Morgan fingerprint density at radius 3 is 2.69 bits per heavy atom. The number of aromatic hydroxyl groups is 1. The minimum atomic E-state index is -2.92. The molecule has 0 bridgehead atoms. The smallest absolute Gasteiger partial charge is 0.284 e. The first kappa shape index (κ1) is 9.19. The number of hydrogen-bond acceptors (Lipinski definition) is 4. The van der Waals surface area contributed by atoms with Crippen LogP contribution in [0, 0.1) is 11.3 Å². The van der Waals surface area contributed by atoms with Crippen LogP contribution >= 0.6 is 0 Å². The van der Waals surface area contributed by atoms with Crippen LogP contribution in [0.25, 0.3) is 0 Å². The van der Waals surface area contributed by atoms with Crippen molar-refractivity contribution in [3.8, 4) is 11.8 Å². The van der Waals surface area contributed by atoms with E-state index in [1.807, 2.05) is 0 Å². The lowest BCUT2D eigenvalue weighted by atomic mass is 10.2. The van der Waals surface area contributed by atoms with Crippen molar-refractivity contribution >= 4 is 5.69 Å². The first-order valence-electron chi connectivity index (χ1n) is 3.24. The number of rotatable bonds is 1. The fourth-order valence-corrected chi connectivity index (χ4v) is 0.782. The van der Waals surface area contributed by atoms with Gasteiger partial charge in [0.25, 0.3) is 6.43 Å². The topological polar surface area (TPSA) is 82.9 Å². The second-order valence-electron chi connectivity index (χ2n) is 2.24. The molecule has 0 aliphatic rings. The van der Waals surface area contributed by atoms with Crippen molar-refractivity contribution < 1.29 is 13.9 Å². The van der Waals surface area contributed by atoms with Crippen molar-refractivity contribution in [2.75, 3.05) is 5.73 Å². The molecule has 0 aliphatic carbocycles. The highest BCUT2D eigenvalue weighted by Gasteiger charge is 2.17. The summed E-state index contributed by atoms with van der Waals surface area (Å²) in [4.78, 5) is 3.20. The largest absolute Gasteiger partial charge is 0.506 e. The zero-order chi connectivity index (χ0) is 10.0. The van der Waals surface area contributed by atoms with Gasteiger partial charge in [-0.1, -0.05) is 0 Å². The average molecular weight is 185 g/mol. The maximum Gasteiger partial charge on any atom is 0.284 e. The fraction of sp³-hybridized carbons (Fsp3) is 0.143. The second-order valence-corrected chi connectivity index (χ2v) is 2.24. The molecule has 4 nitrogen and oxygen atoms in total. The van der Waals surface area contributed by atoms with Gasteiger partial charge in [0.15, 0.2) is 5.69 Å². The van der Waals surface area contributed by atoms with Crippen molar-refractivity contribution in [3.63, 3.8) is 0 Å². The minimum absolute atomic E-state index is 0.121. The molecule has 1 aromatic rings. The van der Waals surface area contributed by atoms with Gasteiger partial charge in [0.2, 0.25) is 0 Å². The van der Waals surface area contributed by atoms with Gasteiger partial charge in [-0.05, 0) is 0 Å². The number of alkyl halides is 2. The van der Waals surface area contributed by atoms with Gasteiger partial charge in [-0.25, -0.2) is 13.8 Å². The van der Waals surface area contributed by atoms with Gasteiger partial charge < -0.3 is 10.8 Å². The van der Waals surface area contributed by atoms with E-state index in [1.165, 1.54) is 6.07 Å². The molecule has 13 heavy (non-hydrogen) atoms. The summed E-state index contributed by atoms with van der Waals surface area (Å²) in [6.07, 6.45) is -2.92. The SMILES string of the molecule is N#Cc1nc(C(F)F)c(O)cc1N. The monoisotopic (exact) mass is 185 g/mol. The third-order valence-corrected chi connectivity index (χ3v) is 1.37. The Bertz CT molecular complexity index is 373. The van der Waals surface area contributed by atoms with Crippen molar-refractivity contribution in [2.45, 2.75) is 6.43 Å². The molecule has 1 rings (SSSR count). The summed E-state index contributed by atoms with van der Waals surface area (Å²) in [6, 6.07) is 2.42. The predicted molar refractivity (Wildman–Crippen MR) is 40.0 cm³/mol. The van der Waals surface area contributed by atoms with Crippen LogP contribution in [0.4, 0.5) is 14.5 Å². The van der Waals surface area contributed by atoms with Crippen molar-refractivity contribution in [1.82, 2.24) is 4.98 Å². The van der Waals surface area contributed by atoms with E-state index >= 15 is 0 Å². The molecule has 0 unspecified atom stereocenters. The number of nitrogens with zero attached hydrogens (tertiary/aromatic N) is 2. The standard InChI is InChI=1S/C7H5F2N3O/c8-7(9)6-5(13)1-3(11)4(2-10)12-6/h1,7,13H,11H2. The molecule has 0 spiro atoms. The quantitative estimate of drug-likeness (QED) is 0.688. The summed E-state index contributed by atoms with van der Waals surface area (Å²) in [5, 5.41) is 17.3. The summed E-state index contributed by atoms with van der Waals surface area (Å²) in [5.74, 6) is -0.702. The molecule has 1 aromatic heterocycles. The predicted octanol–water partition coefficient (Wildman–Crippen LogP) is 1.18. The van der Waals surface area contributed by atoms with E-state index in [9.17, 15) is 8.78 Å². The van der Waals surface area contributed by atoms with Crippen LogP contribution in [-0.4, -0.2) is 10.1 Å². The van der Waals surface area contributed by atoms with Crippen LogP contribution in [0.1, 0.15) is 17.8 Å². The molecule has 68 valence electrons. The first-order valence-corrected chi connectivity index (χ1v) is 3.24. The Morgan fingerprint density at radius 1 is 1.62 bits per heavy atom. The molecule has 0 amide bonds. The van der Waals surface area contributed by atoms with Crippen LogP contribution in [0.2, 0.25) is 0 Å². The van der Waals surface area contributed by atoms with Crippen molar-refractivity contribution in [3.05, 3.63) is 17.5 Å². The summed E-state index contributed by atoms with van der Waals surface area (Å²) < 4.78 is 24.2. The molecule has 6 heteroatoms. The highest BCUT2D eigenvalue weighted by Crippen LogP contribution is 2.28. The molecule has 0 saturated heterocycles. The molecule has 1 heterocycles. The van der Waals surface area contributed by atoms with Crippen LogP contribution < -0.4 is 5.73 Å². The van der Waals surface area contributed by atoms with E-state index < -0.39 is 17.9 Å². The maximum atomic E-state index is 12.1. The number of nitrogens with two attached hydrogens (primary N) is 1. The van der Waals surface area contributed by atoms with E-state index in [4.69, 9.17) is 16.1 Å². The molecule has 0 aromatic carbocycles. The highest BCUT2D eigenvalue weighted by atomic mass is 19.3. The number of nitrogen functional groups attached to an aromatic ring is 1. The Labute approximate surface area is 72.2 Å². The zero-order valence-electron chi connectivity index (χ0n) is 6.33. The summed E-state index contributed by atoms with van der Waals surface area (Å²) in [5.41, 5.74) is 3.95. The fourth-order valence-electron chi connectivity index (χ4n) is 0.782. The van der Waals surface area contributed by atoms with Crippen LogP contribution in [0.3, 0.4) is 0 Å². The lowest BCUT2D eigenvalue weighted by molar-refractivity contribution is 0.142. The molecule has 0 aliphatic heterocycles. The normalized spacial score (nSPS) is 10.0. The van der Waals surface area contributed by atoms with Gasteiger partial charge in [0.1, 0.15) is 17.5 Å². The number of anilines is 1. The average Bonchev–Trinajstić information content (AvgIpc) is 2.03. The van der Waals surface area contributed by atoms with E-state index in [1.54, 1.807) is 0 Å². The number of nitriles is 1. The lowest BCUT2D eigenvalue weighted by Crippen LogP contribution is -1.99. The Hall–Kier alpha value is -1.90. The Morgan fingerprint density at radius 2 is 2.23 bits per heavy atom. The number of halogens is 2. The van der Waals surface area contributed by atoms with E-state index in [0.717, 1.165) is 6.07 Å². The maximum absolute atomic E-state index is 12.1. The van der Waals surface area contributed by atoms with Gasteiger partial charge in [0, 0.05) is 6.07 Å². The van der Waals surface area contributed by atoms with Gasteiger partial charge in [-0.3, -0.25) is 0 Å². The molecule has 3 N–H and O–H groups in total. The first-order chi connectivity index (χ1) is 6.06. The van der Waals surface area contributed by atoms with E-state index in [2.05, 4.69) is 4.98 Å². The highest BCUT2D eigenvalue weighted by molar-refractivity contribution is 5.54. The third-order valence-electron chi connectivity index (χ3n) is 1.37. The van der Waals surface area contributed by atoms with Gasteiger partial charge in [-0.15, -0.1) is 0 Å². The number of aromatic nitrogens is 1. The lowest BCUT2D eigenvalue weighted by Gasteiger charge is -2.04. The van der Waals surface area contributed by atoms with E-state index in [-0.39, 0.29) is 11.4 Å². The van der Waals surface area contributed by atoms with Gasteiger partial charge in [0.05, 0.1) is 5.69 Å². The third kappa shape index (κ3) is 1.64.